The number of hydrogen-bond donors (Lipinski definition) is 2. The zero-order valence-electron chi connectivity index (χ0n) is 27.1. The average molecular weight is 714 g/mol. The molecule has 0 fully saturated rings. The van der Waals surface area contributed by atoms with Crippen LogP contribution in [-0.4, -0.2) is 30.8 Å². The molecule has 7 nitrogen and oxygen atoms in total. The summed E-state index contributed by atoms with van der Waals surface area (Å²) in [6.07, 6.45) is 0. The van der Waals surface area contributed by atoms with Crippen LogP contribution in [-0.2, 0) is 15.0 Å². The minimum Gasteiger partial charge on any atom is -0.484 e. The first-order valence-electron chi connectivity index (χ1n) is 16.1. The maximum Gasteiger partial charge on any atom is 0.262 e. The molecule has 9 heteroatoms. The highest BCUT2D eigenvalue weighted by Crippen LogP contribution is 2.51. The Morgan fingerprint density at radius 3 is 1.27 bits per heavy atom. The number of ether oxygens (including phenoxy) is 2. The van der Waals surface area contributed by atoms with E-state index in [4.69, 9.17) is 32.7 Å². The number of ketones is 1. The van der Waals surface area contributed by atoms with E-state index in [9.17, 15) is 14.4 Å². The molecule has 0 radical (unpaired) electrons. The molecule has 6 aromatic rings. The molecule has 252 valence electrons. The van der Waals surface area contributed by atoms with Crippen LogP contribution in [0.3, 0.4) is 0 Å². The smallest absolute Gasteiger partial charge is 0.262 e. The monoisotopic (exact) mass is 712 g/mol. The SMILES string of the molecule is O=C(COc1ccc(Cl)cc1)Nc1ccc(C2(c3ccc(NC(=O)COc4ccc(Cl)cc4)cc3)c3ccccc3C(=O)c3ccccc32)cc1. The van der Waals surface area contributed by atoms with E-state index in [-0.39, 0.29) is 30.8 Å². The normalized spacial score (nSPS) is 12.6. The first kappa shape index (κ1) is 33.6. The van der Waals surface area contributed by atoms with Crippen LogP contribution >= 0.6 is 23.2 Å². The topological polar surface area (TPSA) is 93.7 Å². The number of benzene rings is 6. The molecule has 2 amide bonds. The molecule has 0 spiro atoms. The van der Waals surface area contributed by atoms with Gasteiger partial charge in [-0.15, -0.1) is 0 Å². The summed E-state index contributed by atoms with van der Waals surface area (Å²) in [7, 11) is 0. The van der Waals surface area contributed by atoms with E-state index in [1.807, 2.05) is 97.1 Å². The highest BCUT2D eigenvalue weighted by molar-refractivity contribution is 6.30. The van der Waals surface area contributed by atoms with E-state index < -0.39 is 5.41 Å². The summed E-state index contributed by atoms with van der Waals surface area (Å²) in [5, 5.41) is 6.96. The maximum atomic E-state index is 13.8. The van der Waals surface area contributed by atoms with Gasteiger partial charge in [-0.3, -0.25) is 14.4 Å². The van der Waals surface area contributed by atoms with Gasteiger partial charge in [-0.25, -0.2) is 0 Å². The van der Waals surface area contributed by atoms with Gasteiger partial charge >= 0.3 is 0 Å². The van der Waals surface area contributed by atoms with Crippen molar-refractivity contribution < 1.29 is 23.9 Å². The predicted molar refractivity (Wildman–Crippen MR) is 199 cm³/mol. The lowest BCUT2D eigenvalue weighted by Gasteiger charge is -2.41. The Labute approximate surface area is 304 Å². The van der Waals surface area contributed by atoms with Crippen LogP contribution in [0.15, 0.2) is 146 Å². The summed E-state index contributed by atoms with van der Waals surface area (Å²) in [5.74, 6) is 0.386. The van der Waals surface area contributed by atoms with Gasteiger partial charge in [-0.05, 0) is 95.1 Å². The minimum atomic E-state index is -0.901. The van der Waals surface area contributed by atoms with Crippen molar-refractivity contribution >= 4 is 52.2 Å². The number of rotatable bonds is 10. The van der Waals surface area contributed by atoms with Crippen molar-refractivity contribution in [2.45, 2.75) is 5.41 Å². The highest BCUT2D eigenvalue weighted by atomic mass is 35.5. The lowest BCUT2D eigenvalue weighted by molar-refractivity contribution is -0.118. The molecular weight excluding hydrogens is 683 g/mol. The maximum absolute atomic E-state index is 13.8. The van der Waals surface area contributed by atoms with Crippen LogP contribution < -0.4 is 20.1 Å². The molecule has 2 N–H and O–H groups in total. The summed E-state index contributed by atoms with van der Waals surface area (Å²) >= 11 is 11.9. The standard InChI is InChI=1S/C42H30Cl2N2O5/c43-29-13-21-33(22-14-29)50-25-39(47)45-31-17-9-27(10-18-31)42(37-7-3-1-5-35(37)41(49)36-6-2-4-8-38(36)42)28-11-19-32(20-12-28)46-40(48)26-51-34-23-15-30(44)16-24-34/h1-24H,25-26H2,(H,45,47)(H,46,48). The Morgan fingerprint density at radius 1 is 0.510 bits per heavy atom. The first-order valence-corrected chi connectivity index (χ1v) is 16.9. The molecule has 6 aromatic carbocycles. The van der Waals surface area contributed by atoms with Gasteiger partial charge in [0.05, 0.1) is 5.41 Å². The number of anilines is 2. The highest BCUT2D eigenvalue weighted by Gasteiger charge is 2.46. The second-order valence-corrected chi connectivity index (χ2v) is 12.8. The molecule has 51 heavy (non-hydrogen) atoms. The molecule has 0 aromatic heterocycles. The summed E-state index contributed by atoms with van der Waals surface area (Å²) < 4.78 is 11.2. The van der Waals surface area contributed by atoms with E-state index in [0.717, 1.165) is 22.3 Å². The molecule has 0 heterocycles. The van der Waals surface area contributed by atoms with Crippen molar-refractivity contribution in [2.24, 2.45) is 0 Å². The van der Waals surface area contributed by atoms with Gasteiger partial charge in [0, 0.05) is 32.5 Å². The van der Waals surface area contributed by atoms with E-state index in [1.165, 1.54) is 0 Å². The van der Waals surface area contributed by atoms with E-state index in [2.05, 4.69) is 10.6 Å². The molecule has 0 atom stereocenters. The fourth-order valence-corrected chi connectivity index (χ4v) is 6.71. The third-order valence-corrected chi connectivity index (χ3v) is 9.23. The van der Waals surface area contributed by atoms with Gasteiger partial charge < -0.3 is 20.1 Å². The third kappa shape index (κ3) is 6.95. The summed E-state index contributed by atoms with van der Waals surface area (Å²) in [5.41, 5.74) is 4.91. The van der Waals surface area contributed by atoms with Crippen molar-refractivity contribution in [1.82, 2.24) is 0 Å². The van der Waals surface area contributed by atoms with Crippen molar-refractivity contribution in [3.05, 3.63) is 189 Å². The lowest BCUT2D eigenvalue weighted by Crippen LogP contribution is -2.38. The van der Waals surface area contributed by atoms with Crippen molar-refractivity contribution in [3.8, 4) is 11.5 Å². The summed E-state index contributed by atoms with van der Waals surface area (Å²) in [4.78, 5) is 39.4. The second-order valence-electron chi connectivity index (χ2n) is 11.9. The average Bonchev–Trinajstić information content (AvgIpc) is 3.16. The molecule has 1 aliphatic carbocycles. The van der Waals surface area contributed by atoms with Crippen LogP contribution in [0.2, 0.25) is 10.0 Å². The Kier molecular flexibility index (Phi) is 9.57. The number of halogens is 2. The fourth-order valence-electron chi connectivity index (χ4n) is 6.46. The van der Waals surface area contributed by atoms with Gasteiger partial charge in [0.15, 0.2) is 19.0 Å². The number of nitrogens with one attached hydrogen (secondary N) is 2. The van der Waals surface area contributed by atoms with Crippen LogP contribution in [0, 0.1) is 0 Å². The molecular formula is C42H30Cl2N2O5. The Balaban J connectivity index is 1.20. The van der Waals surface area contributed by atoms with E-state index in [0.29, 0.717) is 44.0 Å². The Hall–Kier alpha value is -5.89. The van der Waals surface area contributed by atoms with Crippen molar-refractivity contribution in [2.75, 3.05) is 23.8 Å². The molecule has 7 rings (SSSR count). The van der Waals surface area contributed by atoms with Crippen LogP contribution in [0.4, 0.5) is 11.4 Å². The van der Waals surface area contributed by atoms with Crippen LogP contribution in [0.1, 0.15) is 38.2 Å². The van der Waals surface area contributed by atoms with Gasteiger partial charge in [0.1, 0.15) is 11.5 Å². The molecule has 0 unspecified atom stereocenters. The quantitative estimate of drug-likeness (QED) is 0.148. The molecule has 1 aliphatic rings. The minimum absolute atomic E-state index is 0.0500. The number of carbonyl (C=O) groups is 3. The number of fused-ring (bicyclic) bond motifs is 2. The third-order valence-electron chi connectivity index (χ3n) is 8.72. The fraction of sp³-hybridized carbons (Fsp3) is 0.0714. The predicted octanol–water partition coefficient (Wildman–Crippen LogP) is 8.96. The zero-order valence-corrected chi connectivity index (χ0v) is 28.6. The van der Waals surface area contributed by atoms with Gasteiger partial charge in [-0.1, -0.05) is 96.0 Å². The summed E-state index contributed by atoms with van der Waals surface area (Å²) in [6.45, 7) is -0.349. The molecule has 0 bridgehead atoms. The van der Waals surface area contributed by atoms with Crippen molar-refractivity contribution in [1.29, 1.82) is 0 Å². The largest absolute Gasteiger partial charge is 0.484 e. The number of hydrogen-bond acceptors (Lipinski definition) is 5. The number of amides is 2. The van der Waals surface area contributed by atoms with E-state index in [1.54, 1.807) is 48.5 Å². The van der Waals surface area contributed by atoms with Gasteiger partial charge in [-0.2, -0.15) is 0 Å². The molecule has 0 aliphatic heterocycles. The van der Waals surface area contributed by atoms with Crippen molar-refractivity contribution in [3.63, 3.8) is 0 Å². The first-order chi connectivity index (χ1) is 24.8. The Morgan fingerprint density at radius 2 is 0.882 bits per heavy atom. The lowest BCUT2D eigenvalue weighted by atomic mass is 9.59. The van der Waals surface area contributed by atoms with Gasteiger partial charge in [0.2, 0.25) is 0 Å². The Bertz CT molecular complexity index is 2060. The zero-order chi connectivity index (χ0) is 35.4. The second kappa shape index (κ2) is 14.5. The van der Waals surface area contributed by atoms with E-state index >= 15 is 0 Å². The van der Waals surface area contributed by atoms with Crippen LogP contribution in [0.5, 0.6) is 11.5 Å². The number of carbonyl (C=O) groups excluding carboxylic acids is 3. The molecule has 0 saturated carbocycles. The molecule has 0 saturated heterocycles. The van der Waals surface area contributed by atoms with Gasteiger partial charge in [0.25, 0.3) is 11.8 Å². The summed E-state index contributed by atoms with van der Waals surface area (Å²) in [6, 6.07) is 44.1. The van der Waals surface area contributed by atoms with Crippen LogP contribution in [0.25, 0.3) is 0 Å².